The van der Waals surface area contributed by atoms with Crippen LogP contribution in [0.25, 0.3) is 55.2 Å². The van der Waals surface area contributed by atoms with E-state index in [9.17, 15) is 0 Å². The molecular formula is C45H27N7S2. The van der Waals surface area contributed by atoms with Gasteiger partial charge in [0.15, 0.2) is 23.3 Å². The summed E-state index contributed by atoms with van der Waals surface area (Å²) in [6.45, 7) is 0. The molecule has 2 aliphatic rings. The van der Waals surface area contributed by atoms with E-state index >= 15 is 0 Å². The normalized spacial score (nSPS) is 13.3. The number of hydrogen-bond donors (Lipinski definition) is 0. The van der Waals surface area contributed by atoms with Crippen molar-refractivity contribution in [3.8, 4) is 55.2 Å². The molecule has 254 valence electrons. The van der Waals surface area contributed by atoms with Crippen LogP contribution in [0, 0.1) is 0 Å². The smallest absolute Gasteiger partial charge is 0.165 e. The van der Waals surface area contributed by atoms with E-state index in [4.69, 9.17) is 20.1 Å². The minimum atomic E-state index is -0.464. The maximum atomic E-state index is 5.02. The van der Waals surface area contributed by atoms with E-state index in [1.807, 2.05) is 89.5 Å². The Balaban J connectivity index is 1.02. The van der Waals surface area contributed by atoms with Gasteiger partial charge < -0.3 is 0 Å². The molecule has 1 spiro atoms. The highest BCUT2D eigenvalue weighted by Gasteiger charge is 2.53. The first-order chi connectivity index (χ1) is 26.8. The van der Waals surface area contributed by atoms with E-state index in [1.165, 1.54) is 26.4 Å². The summed E-state index contributed by atoms with van der Waals surface area (Å²) in [4.78, 5) is 24.4. The lowest BCUT2D eigenvalue weighted by Crippen LogP contribution is -2.36. The topological polar surface area (TPSA) is 80.6 Å². The summed E-state index contributed by atoms with van der Waals surface area (Å²) in [5.41, 5.74) is 11.2. The van der Waals surface area contributed by atoms with Crippen molar-refractivity contribution in [3.63, 3.8) is 0 Å². The Hall–Kier alpha value is -6.68. The van der Waals surface area contributed by atoms with E-state index < -0.39 is 5.41 Å². The van der Waals surface area contributed by atoms with Gasteiger partial charge in [-0.25, -0.2) is 15.0 Å². The number of para-hydroxylation sites is 1. The number of hydrogen-bond acceptors (Lipinski definition) is 9. The molecule has 1 aliphatic heterocycles. The second-order valence-corrected chi connectivity index (χ2v) is 15.0. The lowest BCUT2D eigenvalue weighted by Gasteiger charge is -2.43. The molecule has 0 saturated heterocycles. The lowest BCUT2D eigenvalue weighted by molar-refractivity contribution is 0.738. The zero-order valence-corrected chi connectivity index (χ0v) is 30.2. The van der Waals surface area contributed by atoms with Gasteiger partial charge in [-0.3, -0.25) is 9.88 Å². The van der Waals surface area contributed by atoms with Gasteiger partial charge in [0, 0.05) is 49.5 Å². The highest BCUT2D eigenvalue weighted by molar-refractivity contribution is 7.21. The maximum Gasteiger partial charge on any atom is 0.165 e. The van der Waals surface area contributed by atoms with Crippen molar-refractivity contribution in [1.82, 2.24) is 30.1 Å². The van der Waals surface area contributed by atoms with Gasteiger partial charge in [0.25, 0.3) is 0 Å². The second-order valence-electron chi connectivity index (χ2n) is 13.2. The Morgan fingerprint density at radius 1 is 0.463 bits per heavy atom. The van der Waals surface area contributed by atoms with E-state index in [1.54, 1.807) is 6.20 Å². The summed E-state index contributed by atoms with van der Waals surface area (Å²) in [6.07, 6.45) is 3.63. The number of fused-ring (bicyclic) bond motifs is 9. The fourth-order valence-corrected chi connectivity index (χ4v) is 10.1. The van der Waals surface area contributed by atoms with Gasteiger partial charge in [0.2, 0.25) is 0 Å². The van der Waals surface area contributed by atoms with Crippen LogP contribution in [-0.4, -0.2) is 30.1 Å². The van der Waals surface area contributed by atoms with Crippen molar-refractivity contribution in [2.45, 2.75) is 5.41 Å². The van der Waals surface area contributed by atoms with Crippen LogP contribution < -0.4 is 4.90 Å². The Kier molecular flexibility index (Phi) is 6.98. The zero-order valence-electron chi connectivity index (χ0n) is 28.5. The number of rotatable bonds is 5. The summed E-state index contributed by atoms with van der Waals surface area (Å²) in [6, 6.07) is 48.0. The molecule has 0 amide bonds. The Bertz CT molecular complexity index is 2740. The molecule has 11 rings (SSSR count). The minimum absolute atomic E-state index is 0.464. The van der Waals surface area contributed by atoms with Crippen LogP contribution in [0.3, 0.4) is 0 Å². The van der Waals surface area contributed by atoms with Gasteiger partial charge >= 0.3 is 0 Å². The van der Waals surface area contributed by atoms with Crippen LogP contribution in [0.2, 0.25) is 0 Å². The molecule has 0 atom stereocenters. The molecular weight excluding hydrogens is 703 g/mol. The Labute approximate surface area is 319 Å². The summed E-state index contributed by atoms with van der Waals surface area (Å²) >= 11 is 3.63. The van der Waals surface area contributed by atoms with Gasteiger partial charge in [-0.2, -0.15) is 5.10 Å². The molecule has 0 bridgehead atoms. The Morgan fingerprint density at radius 2 is 1.06 bits per heavy atom. The summed E-state index contributed by atoms with van der Waals surface area (Å²) in [5.74, 6) is 2.64. The van der Waals surface area contributed by atoms with Gasteiger partial charge in [-0.05, 0) is 88.1 Å². The molecule has 7 nitrogen and oxygen atoms in total. The largest absolute Gasteiger partial charge is 0.293 e. The highest BCUT2D eigenvalue weighted by Crippen LogP contribution is 2.64. The molecule has 5 aromatic heterocycles. The second kappa shape index (κ2) is 12.2. The third kappa shape index (κ3) is 4.59. The number of thiophene rings is 2. The van der Waals surface area contributed by atoms with Crippen molar-refractivity contribution in [2.24, 2.45) is 0 Å². The number of benzene rings is 4. The first kappa shape index (κ1) is 30.9. The quantitative estimate of drug-likeness (QED) is 0.174. The van der Waals surface area contributed by atoms with Gasteiger partial charge in [-0.15, -0.1) is 27.8 Å². The molecule has 9 aromatic rings. The predicted molar refractivity (Wildman–Crippen MR) is 216 cm³/mol. The van der Waals surface area contributed by atoms with Crippen LogP contribution in [0.4, 0.5) is 17.2 Å². The molecule has 0 unspecified atom stereocenters. The molecule has 6 heterocycles. The van der Waals surface area contributed by atoms with Crippen molar-refractivity contribution in [2.75, 3.05) is 4.90 Å². The third-order valence-corrected chi connectivity index (χ3v) is 12.4. The van der Waals surface area contributed by atoms with Gasteiger partial charge in [0.1, 0.15) is 0 Å². The van der Waals surface area contributed by atoms with Gasteiger partial charge in [-0.1, -0.05) is 78.9 Å². The first-order valence-corrected chi connectivity index (χ1v) is 19.4. The van der Waals surface area contributed by atoms with Crippen molar-refractivity contribution < 1.29 is 0 Å². The lowest BCUT2D eigenvalue weighted by atomic mass is 9.66. The summed E-state index contributed by atoms with van der Waals surface area (Å²) in [7, 11) is 0. The average Bonchev–Trinajstić information content (AvgIpc) is 3.99. The predicted octanol–water partition coefficient (Wildman–Crippen LogP) is 11.0. The fourth-order valence-electron chi connectivity index (χ4n) is 8.01. The number of nitrogens with zero attached hydrogens (tertiary/aromatic N) is 7. The van der Waals surface area contributed by atoms with Crippen LogP contribution in [0.5, 0.6) is 0 Å². The fraction of sp³-hybridized carbons (Fsp3) is 0.0222. The average molecular weight is 730 g/mol. The molecule has 0 radical (unpaired) electrons. The van der Waals surface area contributed by atoms with E-state index in [2.05, 4.69) is 105 Å². The van der Waals surface area contributed by atoms with Crippen molar-refractivity contribution >= 4 is 39.9 Å². The van der Waals surface area contributed by atoms with Crippen molar-refractivity contribution in [1.29, 1.82) is 0 Å². The van der Waals surface area contributed by atoms with Crippen LogP contribution in [0.1, 0.15) is 22.3 Å². The standard InChI is InChI=1S/C45H27N7S2/c1-2-8-29(9-3-1)41-48-42(30-15-13-28(14-16-30)37-11-6-7-24-46-37)50-43(49-41)31-17-19-32(20-18-31)52-38-12-5-4-10-33(38)45(36-21-25-47-51-44(36)52)34-22-26-53-39(34)40-35(45)23-27-54-40/h1-27H. The van der Waals surface area contributed by atoms with E-state index in [0.717, 1.165) is 50.7 Å². The summed E-state index contributed by atoms with van der Waals surface area (Å²) in [5, 5.41) is 13.7. The van der Waals surface area contributed by atoms with E-state index in [0.29, 0.717) is 17.5 Å². The molecule has 1 aliphatic carbocycles. The van der Waals surface area contributed by atoms with Crippen LogP contribution in [0.15, 0.2) is 163 Å². The molecule has 0 N–H and O–H groups in total. The SMILES string of the molecule is c1ccc(-c2nc(-c3ccc(-c4ccccn4)cc3)nc(-c3ccc(N4c5ccccc5C5(c6ccnnc64)c4ccsc4-c4sccc45)cc3)n2)cc1. The molecule has 9 heteroatoms. The van der Waals surface area contributed by atoms with Crippen molar-refractivity contribution in [3.05, 3.63) is 185 Å². The molecule has 4 aromatic carbocycles. The number of anilines is 3. The Morgan fingerprint density at radius 3 is 1.72 bits per heavy atom. The van der Waals surface area contributed by atoms with Crippen LogP contribution >= 0.6 is 22.7 Å². The first-order valence-electron chi connectivity index (χ1n) is 17.6. The minimum Gasteiger partial charge on any atom is -0.293 e. The maximum absolute atomic E-state index is 5.02. The molecule has 54 heavy (non-hydrogen) atoms. The summed E-state index contributed by atoms with van der Waals surface area (Å²) < 4.78 is 0. The number of pyridine rings is 1. The third-order valence-electron chi connectivity index (χ3n) is 10.4. The monoisotopic (exact) mass is 729 g/mol. The number of aromatic nitrogens is 6. The van der Waals surface area contributed by atoms with Gasteiger partial charge in [0.05, 0.1) is 23.0 Å². The van der Waals surface area contributed by atoms with E-state index in [-0.39, 0.29) is 0 Å². The van der Waals surface area contributed by atoms with Crippen LogP contribution in [-0.2, 0) is 5.41 Å². The molecule has 0 saturated carbocycles. The zero-order chi connectivity index (χ0) is 35.6. The molecule has 0 fully saturated rings. The highest BCUT2D eigenvalue weighted by atomic mass is 32.1.